The van der Waals surface area contributed by atoms with E-state index in [1.54, 1.807) is 0 Å². The Hall–Kier alpha value is -0.320. The first kappa shape index (κ1) is 8.77. The fourth-order valence-electron chi connectivity index (χ4n) is 1.09. The average molecular weight is 261 g/mol. The maximum absolute atomic E-state index is 11.0. The molecule has 0 spiro atoms. The van der Waals surface area contributed by atoms with Gasteiger partial charge < -0.3 is 0 Å². The Balaban J connectivity index is 3.19. The van der Waals surface area contributed by atoms with Crippen LogP contribution in [0.1, 0.15) is 21.5 Å². The number of rotatable bonds is 1. The Morgan fingerprint density at radius 3 is 2.00 bits per heavy atom. The van der Waals surface area contributed by atoms with Crippen LogP contribution in [-0.2, 0) is 0 Å². The van der Waals surface area contributed by atoms with Crippen molar-refractivity contribution in [3.63, 3.8) is 0 Å². The molecule has 0 amide bonds. The van der Waals surface area contributed by atoms with Crippen molar-refractivity contribution in [2.45, 2.75) is 13.8 Å². The fraction of sp³-hybridized carbons (Fsp3) is 0.222. The van der Waals surface area contributed by atoms with E-state index in [0.29, 0.717) is 0 Å². The van der Waals surface area contributed by atoms with Crippen molar-refractivity contribution in [2.24, 2.45) is 0 Å². The minimum absolute atomic E-state index is 0.146. The van der Waals surface area contributed by atoms with Gasteiger partial charge in [0.2, 0.25) is 0 Å². The van der Waals surface area contributed by atoms with E-state index in [0.717, 1.165) is 16.7 Å². The number of aryl methyl sites for hydroxylation is 2. The van der Waals surface area contributed by atoms with Gasteiger partial charge in [0, 0.05) is 0 Å². The molecular formula is C9H9OTe. The molecule has 0 saturated carbocycles. The third-order valence-corrected chi connectivity index (χ3v) is 2.13. The van der Waals surface area contributed by atoms with Crippen molar-refractivity contribution in [1.29, 1.82) is 0 Å². The van der Waals surface area contributed by atoms with Crippen LogP contribution in [0.25, 0.3) is 0 Å². The van der Waals surface area contributed by atoms with Gasteiger partial charge in [0.1, 0.15) is 0 Å². The van der Waals surface area contributed by atoms with Gasteiger partial charge in [0.05, 0.1) is 0 Å². The second kappa shape index (κ2) is 3.38. The van der Waals surface area contributed by atoms with Gasteiger partial charge in [0.15, 0.2) is 0 Å². The van der Waals surface area contributed by atoms with Crippen LogP contribution in [0.4, 0.5) is 0 Å². The Morgan fingerprint density at radius 2 is 1.64 bits per heavy atom. The number of hydrogen-bond donors (Lipinski definition) is 0. The molecule has 0 aromatic heterocycles. The third-order valence-electron chi connectivity index (χ3n) is 1.46. The van der Waals surface area contributed by atoms with Crippen LogP contribution >= 0.6 is 0 Å². The molecule has 0 N–H and O–H groups in total. The molecule has 1 aromatic carbocycles. The molecule has 1 nitrogen and oxygen atoms in total. The van der Waals surface area contributed by atoms with Crippen LogP contribution in [0.3, 0.4) is 0 Å². The second-order valence-corrected chi connectivity index (χ2v) is 3.72. The Morgan fingerprint density at radius 1 is 1.18 bits per heavy atom. The predicted molar refractivity (Wildman–Crippen MR) is 46.0 cm³/mol. The first-order chi connectivity index (χ1) is 5.09. The molecule has 1 aromatic rings. The van der Waals surface area contributed by atoms with Crippen molar-refractivity contribution in [3.8, 4) is 0 Å². The monoisotopic (exact) mass is 263 g/mol. The Labute approximate surface area is 79.7 Å². The molecule has 11 heavy (non-hydrogen) atoms. The molecule has 0 saturated heterocycles. The SMILES string of the molecule is Cc1cc(C)cc(C(=O)[Te])c1. The van der Waals surface area contributed by atoms with Crippen molar-refractivity contribution in [1.82, 2.24) is 0 Å². The summed E-state index contributed by atoms with van der Waals surface area (Å²) in [6.45, 7) is 4.00. The normalized spacial score (nSPS) is 9.64. The summed E-state index contributed by atoms with van der Waals surface area (Å²) in [5, 5.41) is 0. The van der Waals surface area contributed by atoms with Gasteiger partial charge in [-0.05, 0) is 0 Å². The molecule has 1 radical (unpaired) electrons. The molecule has 0 aliphatic rings. The topological polar surface area (TPSA) is 17.1 Å². The number of benzene rings is 1. The van der Waals surface area contributed by atoms with Gasteiger partial charge in [0.25, 0.3) is 0 Å². The van der Waals surface area contributed by atoms with Crippen LogP contribution in [0.5, 0.6) is 0 Å². The zero-order chi connectivity index (χ0) is 8.43. The van der Waals surface area contributed by atoms with E-state index >= 15 is 0 Å². The fourth-order valence-corrected chi connectivity index (χ4v) is 1.43. The maximum atomic E-state index is 11.0. The van der Waals surface area contributed by atoms with Gasteiger partial charge in [-0.25, -0.2) is 0 Å². The Bertz CT molecular complexity index is 271. The summed E-state index contributed by atoms with van der Waals surface area (Å²) in [4.78, 5) is 11.0. The summed E-state index contributed by atoms with van der Waals surface area (Å²) in [6, 6.07) is 5.89. The number of carbonyl (C=O) groups is 1. The molecule has 0 bridgehead atoms. The van der Waals surface area contributed by atoms with Gasteiger partial charge in [-0.15, -0.1) is 0 Å². The van der Waals surface area contributed by atoms with E-state index in [-0.39, 0.29) is 3.83 Å². The molecule has 2 heteroatoms. The molecular weight excluding hydrogens is 252 g/mol. The zero-order valence-corrected chi connectivity index (χ0v) is 8.88. The van der Waals surface area contributed by atoms with E-state index in [1.165, 1.54) is 22.3 Å². The molecule has 0 fully saturated rings. The molecule has 0 atom stereocenters. The van der Waals surface area contributed by atoms with Crippen molar-refractivity contribution in [3.05, 3.63) is 34.9 Å². The number of carbonyl (C=O) groups excluding carboxylic acids is 1. The zero-order valence-electron chi connectivity index (χ0n) is 6.55. The first-order valence-corrected chi connectivity index (χ1v) is 4.56. The predicted octanol–water partition coefficient (Wildman–Crippen LogP) is 1.61. The van der Waals surface area contributed by atoms with Crippen LogP contribution in [0.2, 0.25) is 0 Å². The van der Waals surface area contributed by atoms with Gasteiger partial charge >= 0.3 is 79.7 Å². The third kappa shape index (κ3) is 2.32. The summed E-state index contributed by atoms with van der Waals surface area (Å²) in [6.07, 6.45) is 0. The first-order valence-electron chi connectivity index (χ1n) is 3.39. The van der Waals surface area contributed by atoms with E-state index in [9.17, 15) is 4.79 Å². The summed E-state index contributed by atoms with van der Waals surface area (Å²) in [5.74, 6) is 0. The van der Waals surface area contributed by atoms with E-state index in [4.69, 9.17) is 0 Å². The standard InChI is InChI=1S/C9H9OTe/c1-6-3-7(2)5-8(4-6)9(10)11/h3-5H,1-2H3. The quantitative estimate of drug-likeness (QED) is 0.702. The molecule has 0 aliphatic heterocycles. The molecule has 1 rings (SSSR count). The van der Waals surface area contributed by atoms with Crippen molar-refractivity contribution < 1.29 is 4.79 Å². The summed E-state index contributed by atoms with van der Waals surface area (Å²) < 4.78 is 0.146. The van der Waals surface area contributed by atoms with Gasteiger partial charge in [-0.2, -0.15) is 0 Å². The van der Waals surface area contributed by atoms with Gasteiger partial charge in [-0.1, -0.05) is 0 Å². The van der Waals surface area contributed by atoms with Crippen LogP contribution in [0, 0.1) is 13.8 Å². The minimum atomic E-state index is 0.146. The van der Waals surface area contributed by atoms with Crippen LogP contribution < -0.4 is 0 Å². The van der Waals surface area contributed by atoms with E-state index < -0.39 is 0 Å². The molecule has 0 aliphatic carbocycles. The van der Waals surface area contributed by atoms with E-state index in [2.05, 4.69) is 6.07 Å². The van der Waals surface area contributed by atoms with E-state index in [1.807, 2.05) is 26.0 Å². The molecule has 57 valence electrons. The second-order valence-electron chi connectivity index (χ2n) is 2.66. The number of hydrogen-bond acceptors (Lipinski definition) is 1. The Kier molecular flexibility index (Phi) is 2.70. The summed E-state index contributed by atoms with van der Waals surface area (Å²) in [7, 11) is 0. The molecule has 0 unspecified atom stereocenters. The molecule has 0 heterocycles. The van der Waals surface area contributed by atoms with Crippen LogP contribution in [0.15, 0.2) is 18.2 Å². The average Bonchev–Trinajstić information content (AvgIpc) is 1.85. The van der Waals surface area contributed by atoms with Crippen LogP contribution in [-0.4, -0.2) is 26.1 Å². The van der Waals surface area contributed by atoms with Crippen molar-refractivity contribution in [2.75, 3.05) is 0 Å². The summed E-state index contributed by atoms with van der Waals surface area (Å²) in [5.41, 5.74) is 3.11. The van der Waals surface area contributed by atoms with Gasteiger partial charge in [-0.3, -0.25) is 0 Å². The van der Waals surface area contributed by atoms with Crippen molar-refractivity contribution >= 4 is 26.1 Å². The summed E-state index contributed by atoms with van der Waals surface area (Å²) >= 11 is 1.52.